The highest BCUT2D eigenvalue weighted by atomic mass is 16.7. The van der Waals surface area contributed by atoms with Crippen molar-refractivity contribution in [3.05, 3.63) is 53.7 Å². The van der Waals surface area contributed by atoms with Crippen LogP contribution < -0.4 is 14.9 Å². The topological polar surface area (TPSA) is 112 Å². The summed E-state index contributed by atoms with van der Waals surface area (Å²) < 4.78 is 17.3. The van der Waals surface area contributed by atoms with Crippen LogP contribution in [0.25, 0.3) is 16.6 Å². The second-order valence-electron chi connectivity index (χ2n) is 6.35. The van der Waals surface area contributed by atoms with Crippen molar-refractivity contribution in [2.24, 2.45) is 5.10 Å². The third kappa shape index (κ3) is 3.04. The molecule has 0 saturated carbocycles. The SMILES string of the molecule is CCOC(=O)c1nnn2c1nc(NN=Cc1ccc3c(c1)OCO3)c1ccccc12. The van der Waals surface area contributed by atoms with E-state index in [1.807, 2.05) is 42.5 Å². The van der Waals surface area contributed by atoms with E-state index in [0.29, 0.717) is 17.3 Å². The molecule has 3 heterocycles. The monoisotopic (exact) mass is 404 g/mol. The van der Waals surface area contributed by atoms with E-state index in [1.165, 1.54) is 4.52 Å². The van der Waals surface area contributed by atoms with Gasteiger partial charge in [-0.2, -0.15) is 9.62 Å². The molecule has 0 saturated heterocycles. The fourth-order valence-corrected chi connectivity index (χ4v) is 3.14. The Labute approximate surface area is 170 Å². The highest BCUT2D eigenvalue weighted by Gasteiger charge is 2.20. The van der Waals surface area contributed by atoms with Crippen molar-refractivity contribution in [3.8, 4) is 11.5 Å². The molecule has 2 aromatic carbocycles. The smallest absolute Gasteiger partial charge is 0.362 e. The average Bonchev–Trinajstić information content (AvgIpc) is 3.40. The number of fused-ring (bicyclic) bond motifs is 4. The van der Waals surface area contributed by atoms with E-state index in [4.69, 9.17) is 14.2 Å². The van der Waals surface area contributed by atoms with Crippen molar-refractivity contribution < 1.29 is 19.0 Å². The fraction of sp³-hybridized carbons (Fsp3) is 0.150. The Kier molecular flexibility index (Phi) is 4.36. The van der Waals surface area contributed by atoms with Crippen molar-refractivity contribution in [1.82, 2.24) is 19.8 Å². The molecule has 1 aliphatic rings. The third-order valence-electron chi connectivity index (χ3n) is 4.50. The molecule has 0 spiro atoms. The molecule has 1 aliphatic heterocycles. The molecule has 10 heteroatoms. The number of rotatable bonds is 5. The van der Waals surface area contributed by atoms with Crippen molar-refractivity contribution in [1.29, 1.82) is 0 Å². The van der Waals surface area contributed by atoms with Crippen molar-refractivity contribution in [2.45, 2.75) is 6.92 Å². The van der Waals surface area contributed by atoms with E-state index in [1.54, 1.807) is 13.1 Å². The van der Waals surface area contributed by atoms with Gasteiger partial charge in [0.2, 0.25) is 12.5 Å². The molecular weight excluding hydrogens is 388 g/mol. The maximum absolute atomic E-state index is 12.2. The second-order valence-corrected chi connectivity index (χ2v) is 6.35. The number of nitrogens with one attached hydrogen (secondary N) is 1. The number of benzene rings is 2. The lowest BCUT2D eigenvalue weighted by Gasteiger charge is -2.07. The Bertz CT molecular complexity index is 1300. The number of ether oxygens (including phenoxy) is 3. The minimum atomic E-state index is -0.579. The van der Waals surface area contributed by atoms with E-state index in [-0.39, 0.29) is 24.7 Å². The number of aromatic nitrogens is 4. The van der Waals surface area contributed by atoms with Gasteiger partial charge in [0.15, 0.2) is 23.0 Å². The van der Waals surface area contributed by atoms with Gasteiger partial charge in [-0.1, -0.05) is 17.3 Å². The molecule has 0 unspecified atom stereocenters. The van der Waals surface area contributed by atoms with Crippen LogP contribution in [0, 0.1) is 0 Å². The number of anilines is 1. The van der Waals surface area contributed by atoms with Gasteiger partial charge in [0.1, 0.15) is 0 Å². The Morgan fingerprint density at radius 2 is 2.13 bits per heavy atom. The van der Waals surface area contributed by atoms with Crippen LogP contribution in [0.3, 0.4) is 0 Å². The zero-order valence-electron chi connectivity index (χ0n) is 15.9. The summed E-state index contributed by atoms with van der Waals surface area (Å²) in [5.41, 5.74) is 4.84. The summed E-state index contributed by atoms with van der Waals surface area (Å²) in [7, 11) is 0. The van der Waals surface area contributed by atoms with Crippen LogP contribution in [0.2, 0.25) is 0 Å². The van der Waals surface area contributed by atoms with Gasteiger partial charge in [0.25, 0.3) is 0 Å². The van der Waals surface area contributed by atoms with E-state index < -0.39 is 5.97 Å². The first-order valence-electron chi connectivity index (χ1n) is 9.24. The number of carbonyl (C=O) groups excluding carboxylic acids is 1. The molecule has 10 nitrogen and oxygen atoms in total. The average molecular weight is 404 g/mol. The van der Waals surface area contributed by atoms with Crippen molar-refractivity contribution in [3.63, 3.8) is 0 Å². The summed E-state index contributed by atoms with van der Waals surface area (Å²) in [5.74, 6) is 1.26. The minimum absolute atomic E-state index is 0.0467. The molecule has 0 amide bonds. The largest absolute Gasteiger partial charge is 0.461 e. The summed E-state index contributed by atoms with van der Waals surface area (Å²) >= 11 is 0. The first-order chi connectivity index (χ1) is 14.7. The third-order valence-corrected chi connectivity index (χ3v) is 4.50. The van der Waals surface area contributed by atoms with Gasteiger partial charge in [0.05, 0.1) is 18.3 Å². The Balaban J connectivity index is 1.52. The number of hydrogen-bond donors (Lipinski definition) is 1. The number of nitrogens with zero attached hydrogens (tertiary/aromatic N) is 5. The molecule has 2 aromatic heterocycles. The first kappa shape index (κ1) is 17.9. The predicted octanol–water partition coefficient (Wildman–Crippen LogP) is 2.63. The molecule has 0 atom stereocenters. The molecular formula is C20H16N6O4. The van der Waals surface area contributed by atoms with E-state index >= 15 is 0 Å². The highest BCUT2D eigenvalue weighted by Crippen LogP contribution is 2.32. The molecule has 1 N–H and O–H groups in total. The van der Waals surface area contributed by atoms with Gasteiger partial charge in [0, 0.05) is 5.39 Å². The van der Waals surface area contributed by atoms with Gasteiger partial charge in [-0.05, 0) is 42.8 Å². The van der Waals surface area contributed by atoms with Crippen molar-refractivity contribution in [2.75, 3.05) is 18.8 Å². The molecule has 30 heavy (non-hydrogen) atoms. The van der Waals surface area contributed by atoms with Crippen molar-refractivity contribution >= 4 is 34.6 Å². The van der Waals surface area contributed by atoms with Crippen LogP contribution in [0.15, 0.2) is 47.6 Å². The maximum Gasteiger partial charge on any atom is 0.362 e. The normalized spacial score (nSPS) is 12.7. The molecule has 0 bridgehead atoms. The number of hydrazone groups is 1. The number of para-hydroxylation sites is 1. The Morgan fingerprint density at radius 1 is 1.27 bits per heavy atom. The minimum Gasteiger partial charge on any atom is -0.461 e. The van der Waals surface area contributed by atoms with Gasteiger partial charge >= 0.3 is 5.97 Å². The lowest BCUT2D eigenvalue weighted by Crippen LogP contribution is -2.07. The molecule has 0 fully saturated rings. The van der Waals surface area contributed by atoms with Crippen LogP contribution in [-0.4, -0.2) is 45.4 Å². The molecule has 0 radical (unpaired) electrons. The van der Waals surface area contributed by atoms with Gasteiger partial charge < -0.3 is 14.2 Å². The number of carbonyl (C=O) groups is 1. The van der Waals surface area contributed by atoms with Gasteiger partial charge in [-0.25, -0.2) is 9.78 Å². The lowest BCUT2D eigenvalue weighted by molar-refractivity contribution is 0.0521. The predicted molar refractivity (Wildman–Crippen MR) is 108 cm³/mol. The van der Waals surface area contributed by atoms with Crippen LogP contribution in [0.4, 0.5) is 5.82 Å². The van der Waals surface area contributed by atoms with Crippen LogP contribution in [0.5, 0.6) is 11.5 Å². The summed E-state index contributed by atoms with van der Waals surface area (Å²) in [4.78, 5) is 16.7. The van der Waals surface area contributed by atoms with Gasteiger partial charge in [-0.3, -0.25) is 5.43 Å². The van der Waals surface area contributed by atoms with Crippen LogP contribution in [-0.2, 0) is 4.74 Å². The highest BCUT2D eigenvalue weighted by molar-refractivity contribution is 5.98. The van der Waals surface area contributed by atoms with Crippen LogP contribution in [0.1, 0.15) is 23.0 Å². The zero-order valence-corrected chi connectivity index (χ0v) is 15.9. The molecule has 150 valence electrons. The standard InChI is InChI=1S/C20H16N6O4/c1-2-28-20(27)17-19-22-18(13-5-3-4-6-14(13)26(19)25-23-17)24-21-10-12-7-8-15-16(9-12)30-11-29-15/h3-10H,2,11H2,1H3,(H,22,24). The van der Waals surface area contributed by atoms with Gasteiger partial charge in [-0.15, -0.1) is 5.10 Å². The summed E-state index contributed by atoms with van der Waals surface area (Å²) in [6.45, 7) is 2.17. The maximum atomic E-state index is 12.2. The Hall–Kier alpha value is -4.21. The van der Waals surface area contributed by atoms with E-state index in [9.17, 15) is 4.79 Å². The quantitative estimate of drug-likeness (QED) is 0.307. The molecule has 5 rings (SSSR count). The summed E-state index contributed by atoms with van der Waals surface area (Å²) in [6, 6.07) is 13.0. The molecule has 4 aromatic rings. The lowest BCUT2D eigenvalue weighted by atomic mass is 10.2. The number of hydrogen-bond acceptors (Lipinski definition) is 9. The van der Waals surface area contributed by atoms with E-state index in [2.05, 4.69) is 25.8 Å². The van der Waals surface area contributed by atoms with E-state index in [0.717, 1.165) is 16.5 Å². The zero-order chi connectivity index (χ0) is 20.5. The summed E-state index contributed by atoms with van der Waals surface area (Å²) in [6.07, 6.45) is 1.64. The second kappa shape index (κ2) is 7.32. The van der Waals surface area contributed by atoms with Crippen LogP contribution >= 0.6 is 0 Å². The fourth-order valence-electron chi connectivity index (χ4n) is 3.14. The molecule has 0 aliphatic carbocycles. The summed E-state index contributed by atoms with van der Waals surface area (Å²) in [5, 5.41) is 13.1. The number of esters is 1. The Morgan fingerprint density at radius 3 is 3.03 bits per heavy atom. The first-order valence-corrected chi connectivity index (χ1v) is 9.24.